The smallest absolute Gasteiger partial charge is 0.198 e. The number of aromatic hydroxyl groups is 2. The van der Waals surface area contributed by atoms with Gasteiger partial charge in [0.2, 0.25) is 0 Å². The van der Waals surface area contributed by atoms with Gasteiger partial charge in [0.25, 0.3) is 0 Å². The van der Waals surface area contributed by atoms with Crippen LogP contribution in [0.4, 0.5) is 0 Å². The molecule has 11 atom stereocenters. The summed E-state index contributed by atoms with van der Waals surface area (Å²) < 4.78 is 30.3. The largest absolute Gasteiger partial charge is 0.507 e. The molecule has 12 nitrogen and oxygen atoms in total. The first-order chi connectivity index (χ1) is 23.3. The molecule has 0 radical (unpaired) electrons. The Labute approximate surface area is 283 Å². The van der Waals surface area contributed by atoms with Gasteiger partial charge in [0.1, 0.15) is 23.7 Å². The number of aryl methyl sites for hydroxylation is 1. The number of hydrogen-bond donors (Lipinski definition) is 5. The third-order valence-electron chi connectivity index (χ3n) is 10.3. The molecule has 3 aliphatic heterocycles. The van der Waals surface area contributed by atoms with Gasteiger partial charge in [-0.15, -0.1) is 0 Å². The number of ketones is 2. The lowest BCUT2D eigenvalue weighted by atomic mass is 9.79. The molecule has 0 aromatic heterocycles. The van der Waals surface area contributed by atoms with Gasteiger partial charge < -0.3 is 49.2 Å². The van der Waals surface area contributed by atoms with Crippen molar-refractivity contribution >= 4 is 22.3 Å². The van der Waals surface area contributed by atoms with Crippen molar-refractivity contribution in [2.45, 2.75) is 121 Å². The summed E-state index contributed by atoms with van der Waals surface area (Å²) in [6.45, 7) is 7.04. The van der Waals surface area contributed by atoms with E-state index in [-0.39, 0.29) is 58.3 Å². The first-order valence-corrected chi connectivity index (χ1v) is 16.9. The number of carbonyl (C=O) groups is 2. The Morgan fingerprint density at radius 3 is 2.10 bits per heavy atom. The molecule has 0 amide bonds. The Balaban J connectivity index is 1.07. The quantitative estimate of drug-likeness (QED) is 0.207. The van der Waals surface area contributed by atoms with Gasteiger partial charge in [-0.25, -0.2) is 0 Å². The van der Waals surface area contributed by atoms with Crippen molar-refractivity contribution in [3.63, 3.8) is 0 Å². The lowest BCUT2D eigenvalue weighted by Gasteiger charge is -2.43. The minimum atomic E-state index is -1.01. The molecule has 3 fully saturated rings. The summed E-state index contributed by atoms with van der Waals surface area (Å²) in [7, 11) is 0. The van der Waals surface area contributed by atoms with E-state index in [1.54, 1.807) is 38.1 Å². The summed E-state index contributed by atoms with van der Waals surface area (Å²) in [5, 5.41) is 54.3. The molecule has 0 bridgehead atoms. The topological polar surface area (TPSA) is 181 Å². The third-order valence-corrected chi connectivity index (χ3v) is 10.3. The number of carbonyl (C=O) groups excluding carboxylic acids is 2. The summed E-state index contributed by atoms with van der Waals surface area (Å²) in [6, 6.07) is 9.64. The highest BCUT2D eigenvalue weighted by molar-refractivity contribution is 6.33. The van der Waals surface area contributed by atoms with Crippen LogP contribution in [-0.2, 0) is 23.7 Å². The lowest BCUT2D eigenvalue weighted by Crippen LogP contribution is -2.51. The van der Waals surface area contributed by atoms with Crippen molar-refractivity contribution < 1.29 is 58.8 Å². The number of ether oxygens (including phenoxy) is 5. The van der Waals surface area contributed by atoms with Crippen LogP contribution in [0.5, 0.6) is 11.5 Å². The molecule has 5 N–H and O–H groups in total. The zero-order valence-corrected chi connectivity index (χ0v) is 27.7. The van der Waals surface area contributed by atoms with E-state index in [9.17, 15) is 35.1 Å². The van der Waals surface area contributed by atoms with E-state index in [0.717, 1.165) is 5.56 Å². The van der Waals surface area contributed by atoms with E-state index in [4.69, 9.17) is 23.7 Å². The second-order valence-corrected chi connectivity index (χ2v) is 13.8. The third kappa shape index (κ3) is 6.04. The minimum Gasteiger partial charge on any atom is -0.507 e. The molecule has 49 heavy (non-hydrogen) atoms. The number of rotatable bonds is 5. The standard InChI is InChI=1S/C37H42O12/c1-15-11-19-5-6-21-31(30(19)23(38)12-15)36(43)22-8-7-20(35(42)32(22)37(21)44)26-14-27(34(41)18(4)45-26)49-28-10-9-25(16(2)46-28)48-29-13-24(39)33(40)17(3)47-29/h5-8,11-12,16-18,24-29,33-34,38-42H,9-10,13-14H2,1-4H3/t16-,17+,18+,24+,25-,26+,27+,28-,29-,33+,34+/m0/s1. The van der Waals surface area contributed by atoms with Crippen LogP contribution in [0.3, 0.4) is 0 Å². The Kier molecular flexibility index (Phi) is 9.03. The fourth-order valence-electron chi connectivity index (χ4n) is 7.67. The van der Waals surface area contributed by atoms with E-state index >= 15 is 0 Å². The molecule has 1 aliphatic carbocycles. The SMILES string of the molecule is Cc1cc(O)c2c3c(ccc2c1)C(=O)c1c(ccc([C@H]2C[C@@H](O[C@H]4CC[C@H](O[C@H]5C[C@@H](O)[C@H](O)[C@@H](C)O5)[C@H](C)O4)[C@H](O)[C@@H](C)O2)c1O)C3=O. The van der Waals surface area contributed by atoms with E-state index in [0.29, 0.717) is 23.6 Å². The molecule has 262 valence electrons. The number of hydrogen-bond acceptors (Lipinski definition) is 12. The summed E-state index contributed by atoms with van der Waals surface area (Å²) in [5.41, 5.74) is 1.19. The van der Waals surface area contributed by atoms with Crippen LogP contribution in [0.1, 0.15) is 95.5 Å². The Morgan fingerprint density at radius 1 is 0.714 bits per heavy atom. The maximum atomic E-state index is 13.8. The highest BCUT2D eigenvalue weighted by Gasteiger charge is 2.43. The summed E-state index contributed by atoms with van der Waals surface area (Å²) in [4.78, 5) is 27.7. The molecule has 0 spiro atoms. The van der Waals surface area contributed by atoms with Crippen molar-refractivity contribution in [2.24, 2.45) is 0 Å². The van der Waals surface area contributed by atoms with Gasteiger partial charge >= 0.3 is 0 Å². The maximum Gasteiger partial charge on any atom is 0.198 e. The summed E-state index contributed by atoms with van der Waals surface area (Å²) >= 11 is 0. The van der Waals surface area contributed by atoms with Crippen LogP contribution >= 0.6 is 0 Å². The molecule has 3 heterocycles. The van der Waals surface area contributed by atoms with Gasteiger partial charge in [0.15, 0.2) is 24.1 Å². The number of aliphatic hydroxyl groups excluding tert-OH is 3. The minimum absolute atomic E-state index is 0.0306. The van der Waals surface area contributed by atoms with Gasteiger partial charge in [0.05, 0.1) is 48.3 Å². The first-order valence-electron chi connectivity index (χ1n) is 16.9. The molecule has 0 unspecified atom stereocenters. The predicted octanol–water partition coefficient (Wildman–Crippen LogP) is 3.70. The molecule has 12 heteroatoms. The molecular weight excluding hydrogens is 636 g/mol. The second kappa shape index (κ2) is 13.0. The predicted molar refractivity (Wildman–Crippen MR) is 174 cm³/mol. The van der Waals surface area contributed by atoms with E-state index < -0.39 is 73.0 Å². The first kappa shape index (κ1) is 34.0. The Morgan fingerprint density at radius 2 is 1.37 bits per heavy atom. The van der Waals surface area contributed by atoms with Crippen LogP contribution in [0.2, 0.25) is 0 Å². The average Bonchev–Trinajstić information content (AvgIpc) is 3.05. The monoisotopic (exact) mass is 678 g/mol. The van der Waals surface area contributed by atoms with Crippen LogP contribution in [-0.4, -0.2) is 98.5 Å². The van der Waals surface area contributed by atoms with E-state index in [1.807, 2.05) is 19.9 Å². The molecule has 0 saturated carbocycles. The van der Waals surface area contributed by atoms with Crippen LogP contribution in [0.25, 0.3) is 10.8 Å². The fraction of sp³-hybridized carbons (Fsp3) is 0.514. The molecular formula is C37H42O12. The van der Waals surface area contributed by atoms with Gasteiger partial charge in [0, 0.05) is 46.9 Å². The van der Waals surface area contributed by atoms with Crippen LogP contribution in [0.15, 0.2) is 36.4 Å². The van der Waals surface area contributed by atoms with Gasteiger partial charge in [-0.05, 0) is 63.3 Å². The normalized spacial score (nSPS) is 34.9. The zero-order valence-electron chi connectivity index (χ0n) is 27.7. The fourth-order valence-corrected chi connectivity index (χ4v) is 7.67. The molecule has 3 aromatic carbocycles. The van der Waals surface area contributed by atoms with Crippen molar-refractivity contribution in [3.8, 4) is 11.5 Å². The summed E-state index contributed by atoms with van der Waals surface area (Å²) in [6.07, 6.45) is -6.50. The highest BCUT2D eigenvalue weighted by Crippen LogP contribution is 2.44. The van der Waals surface area contributed by atoms with Crippen molar-refractivity contribution in [1.82, 2.24) is 0 Å². The maximum absolute atomic E-state index is 13.8. The van der Waals surface area contributed by atoms with Crippen molar-refractivity contribution in [1.29, 1.82) is 0 Å². The van der Waals surface area contributed by atoms with Crippen LogP contribution in [0, 0.1) is 6.92 Å². The number of phenols is 2. The summed E-state index contributed by atoms with van der Waals surface area (Å²) in [5.74, 6) is -1.49. The molecule has 7 rings (SSSR count). The van der Waals surface area contributed by atoms with Crippen molar-refractivity contribution in [3.05, 3.63) is 69.8 Å². The second-order valence-electron chi connectivity index (χ2n) is 13.8. The Bertz CT molecular complexity index is 1780. The van der Waals surface area contributed by atoms with E-state index in [2.05, 4.69) is 0 Å². The van der Waals surface area contributed by atoms with Crippen LogP contribution < -0.4 is 0 Å². The average molecular weight is 679 g/mol. The van der Waals surface area contributed by atoms with Gasteiger partial charge in [-0.1, -0.05) is 18.2 Å². The number of aliphatic hydroxyl groups is 3. The molecule has 4 aliphatic rings. The van der Waals surface area contributed by atoms with Gasteiger partial charge in [-0.2, -0.15) is 0 Å². The van der Waals surface area contributed by atoms with Gasteiger partial charge in [-0.3, -0.25) is 9.59 Å². The number of fused-ring (bicyclic) bond motifs is 4. The highest BCUT2D eigenvalue weighted by atomic mass is 16.7. The molecule has 3 saturated heterocycles. The molecule has 3 aromatic rings. The number of benzene rings is 3. The van der Waals surface area contributed by atoms with Crippen molar-refractivity contribution in [2.75, 3.05) is 0 Å². The number of phenolic OH excluding ortho intramolecular Hbond substituents is 2. The lowest BCUT2D eigenvalue weighted by molar-refractivity contribution is -0.306. The zero-order chi connectivity index (χ0) is 34.9. The van der Waals surface area contributed by atoms with E-state index in [1.165, 1.54) is 6.07 Å². The Hall–Kier alpha value is -3.46.